The number of amides is 1. The molecule has 7 heteroatoms. The third-order valence-electron chi connectivity index (χ3n) is 4.05. The molecule has 0 aliphatic heterocycles. The summed E-state index contributed by atoms with van der Waals surface area (Å²) in [6.07, 6.45) is 0.714. The minimum absolute atomic E-state index is 0.126. The molecule has 0 spiro atoms. The number of benzene rings is 2. The predicted molar refractivity (Wildman–Crippen MR) is 98.2 cm³/mol. The second-order valence-corrected chi connectivity index (χ2v) is 5.96. The number of halogens is 2. The van der Waals surface area contributed by atoms with E-state index in [-0.39, 0.29) is 18.0 Å². The van der Waals surface area contributed by atoms with Crippen LogP contribution in [-0.2, 0) is 17.6 Å². The van der Waals surface area contributed by atoms with Gasteiger partial charge < -0.3 is 10.1 Å². The summed E-state index contributed by atoms with van der Waals surface area (Å²) in [5, 5.41) is 6.97. The molecule has 1 amide bonds. The summed E-state index contributed by atoms with van der Waals surface area (Å²) >= 11 is 0. The minimum atomic E-state index is -0.720. The number of carbonyl (C=O) groups is 1. The van der Waals surface area contributed by atoms with E-state index in [4.69, 9.17) is 4.74 Å². The molecule has 0 saturated carbocycles. The number of carbonyl (C=O) groups excluding carboxylic acids is 1. The summed E-state index contributed by atoms with van der Waals surface area (Å²) in [5.74, 6) is -0.654. The van der Waals surface area contributed by atoms with Gasteiger partial charge in [-0.25, -0.2) is 13.5 Å². The third kappa shape index (κ3) is 4.31. The van der Waals surface area contributed by atoms with Gasteiger partial charge in [-0.15, -0.1) is 5.10 Å². The Morgan fingerprint density at radius 1 is 1.19 bits per heavy atom. The fraction of sp³-hybridized carbons (Fsp3) is 0.200. The van der Waals surface area contributed by atoms with Crippen LogP contribution in [0.2, 0.25) is 0 Å². The Morgan fingerprint density at radius 3 is 2.70 bits per heavy atom. The molecule has 3 aromatic rings. The van der Waals surface area contributed by atoms with Crippen LogP contribution < -0.4 is 10.1 Å². The average Bonchev–Trinajstić information content (AvgIpc) is 3.04. The number of rotatable bonds is 6. The summed E-state index contributed by atoms with van der Waals surface area (Å²) < 4.78 is 33.7. The smallest absolute Gasteiger partial charge is 0.229 e. The van der Waals surface area contributed by atoms with E-state index in [0.29, 0.717) is 23.7 Å². The van der Waals surface area contributed by atoms with E-state index < -0.39 is 11.6 Å². The van der Waals surface area contributed by atoms with Crippen LogP contribution >= 0.6 is 0 Å². The Morgan fingerprint density at radius 2 is 2.00 bits per heavy atom. The Labute approximate surface area is 155 Å². The van der Waals surface area contributed by atoms with Gasteiger partial charge in [0.1, 0.15) is 17.3 Å². The number of nitrogens with zero attached hydrogens (tertiary/aromatic N) is 2. The van der Waals surface area contributed by atoms with E-state index in [2.05, 4.69) is 10.4 Å². The monoisotopic (exact) mass is 371 g/mol. The normalized spacial score (nSPS) is 10.7. The van der Waals surface area contributed by atoms with Crippen molar-refractivity contribution in [1.82, 2.24) is 9.78 Å². The van der Waals surface area contributed by atoms with Crippen molar-refractivity contribution in [3.8, 4) is 11.4 Å². The zero-order chi connectivity index (χ0) is 19.4. The Bertz CT molecular complexity index is 970. The molecule has 1 heterocycles. The second-order valence-electron chi connectivity index (χ2n) is 5.96. The highest BCUT2D eigenvalue weighted by Crippen LogP contribution is 2.20. The van der Waals surface area contributed by atoms with Gasteiger partial charge in [-0.3, -0.25) is 4.79 Å². The number of nitrogens with one attached hydrogen (secondary N) is 1. The van der Waals surface area contributed by atoms with Gasteiger partial charge in [-0.2, -0.15) is 0 Å². The van der Waals surface area contributed by atoms with Crippen molar-refractivity contribution in [2.24, 2.45) is 0 Å². The van der Waals surface area contributed by atoms with Gasteiger partial charge in [-0.1, -0.05) is 19.1 Å². The zero-order valence-corrected chi connectivity index (χ0v) is 15.0. The number of ether oxygens (including phenoxy) is 1. The zero-order valence-electron chi connectivity index (χ0n) is 15.0. The molecule has 3 rings (SSSR count). The van der Waals surface area contributed by atoms with Gasteiger partial charge in [-0.05, 0) is 36.2 Å². The first-order valence-corrected chi connectivity index (χ1v) is 8.47. The molecule has 0 unspecified atom stereocenters. The van der Waals surface area contributed by atoms with Crippen molar-refractivity contribution < 1.29 is 18.3 Å². The van der Waals surface area contributed by atoms with Crippen LogP contribution in [-0.4, -0.2) is 22.8 Å². The molecular weight excluding hydrogens is 352 g/mol. The number of hydrogen-bond donors (Lipinski definition) is 1. The Hall–Kier alpha value is -3.22. The predicted octanol–water partition coefficient (Wildman–Crippen LogP) is 3.90. The average molecular weight is 371 g/mol. The van der Waals surface area contributed by atoms with Crippen LogP contribution in [0.5, 0.6) is 5.75 Å². The number of methoxy groups -OCH3 is 1. The maximum atomic E-state index is 14.1. The summed E-state index contributed by atoms with van der Waals surface area (Å²) in [7, 11) is 1.56. The van der Waals surface area contributed by atoms with Crippen molar-refractivity contribution in [2.45, 2.75) is 19.8 Å². The Balaban J connectivity index is 1.79. The van der Waals surface area contributed by atoms with Gasteiger partial charge in [0.25, 0.3) is 0 Å². The van der Waals surface area contributed by atoms with Crippen LogP contribution in [0.3, 0.4) is 0 Å². The fourth-order valence-corrected chi connectivity index (χ4v) is 2.75. The number of anilines is 1. The lowest BCUT2D eigenvalue weighted by Gasteiger charge is -2.07. The third-order valence-corrected chi connectivity index (χ3v) is 4.05. The number of aromatic nitrogens is 2. The molecule has 0 atom stereocenters. The van der Waals surface area contributed by atoms with Gasteiger partial charge in [0.2, 0.25) is 5.91 Å². The number of aryl methyl sites for hydroxylation is 1. The van der Waals surface area contributed by atoms with E-state index in [1.54, 1.807) is 25.3 Å². The van der Waals surface area contributed by atoms with Crippen molar-refractivity contribution in [3.05, 3.63) is 71.4 Å². The van der Waals surface area contributed by atoms with Crippen LogP contribution in [0, 0.1) is 11.6 Å². The SMILES string of the molecule is CCc1cc(NC(=O)Cc2cccc(OC)c2)nn1-c1ccc(F)cc1F. The lowest BCUT2D eigenvalue weighted by molar-refractivity contribution is -0.115. The van der Waals surface area contributed by atoms with Gasteiger partial charge in [0, 0.05) is 17.8 Å². The molecule has 0 aliphatic carbocycles. The van der Waals surface area contributed by atoms with Crippen LogP contribution in [0.4, 0.5) is 14.6 Å². The molecule has 5 nitrogen and oxygen atoms in total. The maximum absolute atomic E-state index is 14.1. The minimum Gasteiger partial charge on any atom is -0.497 e. The maximum Gasteiger partial charge on any atom is 0.229 e. The largest absolute Gasteiger partial charge is 0.497 e. The molecule has 27 heavy (non-hydrogen) atoms. The van der Waals surface area contributed by atoms with Crippen molar-refractivity contribution in [2.75, 3.05) is 12.4 Å². The van der Waals surface area contributed by atoms with Crippen molar-refractivity contribution >= 4 is 11.7 Å². The van der Waals surface area contributed by atoms with Crippen molar-refractivity contribution in [3.63, 3.8) is 0 Å². The highest BCUT2D eigenvalue weighted by molar-refractivity contribution is 5.91. The van der Waals surface area contributed by atoms with Crippen LogP contribution in [0.25, 0.3) is 5.69 Å². The van der Waals surface area contributed by atoms with Crippen molar-refractivity contribution in [1.29, 1.82) is 0 Å². The highest BCUT2D eigenvalue weighted by Gasteiger charge is 2.14. The molecule has 2 aromatic carbocycles. The van der Waals surface area contributed by atoms with Crippen LogP contribution in [0.1, 0.15) is 18.2 Å². The summed E-state index contributed by atoms with van der Waals surface area (Å²) in [6, 6.07) is 12.2. The first-order chi connectivity index (χ1) is 13.0. The van der Waals surface area contributed by atoms with E-state index in [1.165, 1.54) is 16.8 Å². The lowest BCUT2D eigenvalue weighted by Crippen LogP contribution is -2.15. The first kappa shape index (κ1) is 18.6. The lowest BCUT2D eigenvalue weighted by atomic mass is 10.1. The number of hydrogen-bond acceptors (Lipinski definition) is 3. The van der Waals surface area contributed by atoms with Gasteiger partial charge in [0.15, 0.2) is 11.6 Å². The standard InChI is InChI=1S/C20H19F2N3O2/c1-3-15-12-19(24-25(15)18-8-7-14(21)11-17(18)22)23-20(26)10-13-5-4-6-16(9-13)27-2/h4-9,11-12H,3,10H2,1-2H3,(H,23,24,26). The summed E-state index contributed by atoms with van der Waals surface area (Å²) in [4.78, 5) is 12.3. The molecule has 0 radical (unpaired) electrons. The van der Waals surface area contributed by atoms with E-state index in [0.717, 1.165) is 11.6 Å². The molecule has 0 aliphatic rings. The molecule has 1 N–H and O–H groups in total. The summed E-state index contributed by atoms with van der Waals surface area (Å²) in [6.45, 7) is 1.89. The highest BCUT2D eigenvalue weighted by atomic mass is 19.1. The van der Waals surface area contributed by atoms with E-state index >= 15 is 0 Å². The molecule has 0 fully saturated rings. The fourth-order valence-electron chi connectivity index (χ4n) is 2.75. The molecule has 0 bridgehead atoms. The summed E-state index contributed by atoms with van der Waals surface area (Å²) in [5.41, 5.74) is 1.62. The van der Waals surface area contributed by atoms with Gasteiger partial charge in [0.05, 0.1) is 13.5 Å². The first-order valence-electron chi connectivity index (χ1n) is 8.47. The Kier molecular flexibility index (Phi) is 5.49. The molecular formula is C20H19F2N3O2. The van der Waals surface area contributed by atoms with E-state index in [9.17, 15) is 13.6 Å². The van der Waals surface area contributed by atoms with Gasteiger partial charge >= 0.3 is 0 Å². The second kappa shape index (κ2) is 7.99. The topological polar surface area (TPSA) is 56.1 Å². The molecule has 0 saturated heterocycles. The molecule has 140 valence electrons. The molecule has 1 aromatic heterocycles. The van der Waals surface area contributed by atoms with E-state index in [1.807, 2.05) is 19.1 Å². The quantitative estimate of drug-likeness (QED) is 0.715. The van der Waals surface area contributed by atoms with Crippen LogP contribution in [0.15, 0.2) is 48.5 Å².